The minimum absolute atomic E-state index is 0.530. The minimum Gasteiger partial charge on any atom is -0.379 e. The Morgan fingerprint density at radius 1 is 1.10 bits per heavy atom. The van der Waals surface area contributed by atoms with Gasteiger partial charge in [-0.3, -0.25) is 0 Å². The van der Waals surface area contributed by atoms with Crippen molar-refractivity contribution in [3.8, 4) is 0 Å². The van der Waals surface area contributed by atoms with Crippen LogP contribution < -0.4 is 0 Å². The normalized spacial score (nSPS) is 40.8. The van der Waals surface area contributed by atoms with Gasteiger partial charge >= 0.3 is 0 Å². The van der Waals surface area contributed by atoms with Crippen molar-refractivity contribution in [2.75, 3.05) is 19.8 Å². The minimum atomic E-state index is 0.530. The van der Waals surface area contributed by atoms with Crippen LogP contribution in [0, 0.1) is 5.92 Å². The molecule has 1 saturated heterocycles. The van der Waals surface area contributed by atoms with Crippen molar-refractivity contribution >= 4 is 0 Å². The van der Waals surface area contributed by atoms with Crippen LogP contribution in [0.25, 0.3) is 0 Å². The summed E-state index contributed by atoms with van der Waals surface area (Å²) in [6.45, 7) is 2.54. The number of hydrogen-bond acceptors (Lipinski definition) is 2. The lowest BCUT2D eigenvalue weighted by Crippen LogP contribution is -2.18. The molecule has 2 nitrogen and oxygen atoms in total. The average molecular weight is 142 g/mol. The Morgan fingerprint density at radius 2 is 2.10 bits per heavy atom. The smallest absolute Gasteiger partial charge is 0.0704 e. The molecule has 0 radical (unpaired) electrons. The summed E-state index contributed by atoms with van der Waals surface area (Å²) in [5.41, 5.74) is 0. The maximum Gasteiger partial charge on any atom is 0.0704 e. The number of hydrogen-bond donors (Lipinski definition) is 0. The van der Waals surface area contributed by atoms with E-state index in [9.17, 15) is 0 Å². The molecule has 2 atom stereocenters. The molecular formula is C8H14O2. The highest BCUT2D eigenvalue weighted by atomic mass is 16.5. The molecule has 1 aliphatic carbocycles. The zero-order valence-electron chi connectivity index (χ0n) is 6.21. The van der Waals surface area contributed by atoms with Crippen LogP contribution in [0.15, 0.2) is 0 Å². The standard InChI is InChI=1S/C8H14O2/c1-2-7-6-9-4-5-10-8(7)3-1/h7-8H,1-6H2. The average Bonchev–Trinajstić information content (AvgIpc) is 2.28. The topological polar surface area (TPSA) is 18.5 Å². The Bertz CT molecular complexity index is 102. The van der Waals surface area contributed by atoms with E-state index in [1.165, 1.54) is 19.3 Å². The summed E-state index contributed by atoms with van der Waals surface area (Å²) in [4.78, 5) is 0. The fourth-order valence-corrected chi connectivity index (χ4v) is 1.91. The zero-order chi connectivity index (χ0) is 6.81. The molecule has 1 heterocycles. The van der Waals surface area contributed by atoms with Gasteiger partial charge in [0.1, 0.15) is 0 Å². The molecule has 0 bridgehead atoms. The van der Waals surface area contributed by atoms with Gasteiger partial charge in [0.2, 0.25) is 0 Å². The molecule has 0 aromatic rings. The summed E-state index contributed by atoms with van der Waals surface area (Å²) in [6.07, 6.45) is 4.43. The van der Waals surface area contributed by atoms with Crippen LogP contribution in [0.2, 0.25) is 0 Å². The Kier molecular flexibility index (Phi) is 1.91. The van der Waals surface area contributed by atoms with Gasteiger partial charge in [0.05, 0.1) is 25.9 Å². The van der Waals surface area contributed by atoms with Gasteiger partial charge in [-0.1, -0.05) is 6.42 Å². The molecule has 1 aliphatic heterocycles. The molecule has 0 N–H and O–H groups in total. The highest BCUT2D eigenvalue weighted by Gasteiger charge is 2.29. The molecule has 1 saturated carbocycles. The van der Waals surface area contributed by atoms with E-state index in [-0.39, 0.29) is 0 Å². The first-order chi connectivity index (χ1) is 4.97. The molecule has 0 spiro atoms. The van der Waals surface area contributed by atoms with Crippen molar-refractivity contribution in [2.24, 2.45) is 5.92 Å². The molecule has 2 heteroatoms. The van der Waals surface area contributed by atoms with Gasteiger partial charge in [-0.15, -0.1) is 0 Å². The lowest BCUT2D eigenvalue weighted by Gasteiger charge is -2.13. The zero-order valence-corrected chi connectivity index (χ0v) is 6.21. The summed E-state index contributed by atoms with van der Waals surface area (Å²) in [6, 6.07) is 0. The summed E-state index contributed by atoms with van der Waals surface area (Å²) in [5, 5.41) is 0. The fraction of sp³-hybridized carbons (Fsp3) is 1.00. The maximum absolute atomic E-state index is 5.60. The fourth-order valence-electron chi connectivity index (χ4n) is 1.91. The first-order valence-electron chi connectivity index (χ1n) is 4.16. The van der Waals surface area contributed by atoms with Crippen molar-refractivity contribution in [3.05, 3.63) is 0 Å². The Hall–Kier alpha value is -0.0800. The molecule has 2 rings (SSSR count). The van der Waals surface area contributed by atoms with Crippen LogP contribution in [-0.2, 0) is 9.47 Å². The van der Waals surface area contributed by atoms with E-state index in [1.807, 2.05) is 0 Å². The Labute approximate surface area is 61.5 Å². The monoisotopic (exact) mass is 142 g/mol. The van der Waals surface area contributed by atoms with E-state index < -0.39 is 0 Å². The number of ether oxygens (including phenoxy) is 2. The summed E-state index contributed by atoms with van der Waals surface area (Å²) in [7, 11) is 0. The van der Waals surface area contributed by atoms with Gasteiger partial charge < -0.3 is 9.47 Å². The second-order valence-electron chi connectivity index (χ2n) is 3.18. The van der Waals surface area contributed by atoms with Crippen LogP contribution in [0.5, 0.6) is 0 Å². The molecule has 2 fully saturated rings. The van der Waals surface area contributed by atoms with Crippen LogP contribution in [0.3, 0.4) is 0 Å². The lowest BCUT2D eigenvalue weighted by atomic mass is 10.1. The summed E-state index contributed by atoms with van der Waals surface area (Å²) in [5.74, 6) is 0.711. The predicted molar refractivity (Wildman–Crippen MR) is 37.9 cm³/mol. The van der Waals surface area contributed by atoms with Crippen molar-refractivity contribution in [1.29, 1.82) is 0 Å². The highest BCUT2D eigenvalue weighted by molar-refractivity contribution is 4.78. The van der Waals surface area contributed by atoms with Gasteiger partial charge in [0.25, 0.3) is 0 Å². The highest BCUT2D eigenvalue weighted by Crippen LogP contribution is 2.29. The second kappa shape index (κ2) is 2.89. The largest absolute Gasteiger partial charge is 0.379 e. The third-order valence-corrected chi connectivity index (χ3v) is 2.48. The van der Waals surface area contributed by atoms with E-state index in [4.69, 9.17) is 9.47 Å². The van der Waals surface area contributed by atoms with E-state index in [0.29, 0.717) is 12.0 Å². The van der Waals surface area contributed by atoms with Crippen LogP contribution in [-0.4, -0.2) is 25.9 Å². The number of fused-ring (bicyclic) bond motifs is 1. The third kappa shape index (κ3) is 1.18. The summed E-state index contributed by atoms with van der Waals surface area (Å²) < 4.78 is 11.0. The second-order valence-corrected chi connectivity index (χ2v) is 3.18. The SMILES string of the molecule is C1CC2COCCOC2C1. The van der Waals surface area contributed by atoms with E-state index >= 15 is 0 Å². The first-order valence-corrected chi connectivity index (χ1v) is 4.16. The molecule has 58 valence electrons. The van der Waals surface area contributed by atoms with Gasteiger partial charge in [0.15, 0.2) is 0 Å². The number of rotatable bonds is 0. The maximum atomic E-state index is 5.60. The molecule has 0 aromatic carbocycles. The van der Waals surface area contributed by atoms with E-state index in [1.54, 1.807) is 0 Å². The molecule has 2 unspecified atom stereocenters. The summed E-state index contributed by atoms with van der Waals surface area (Å²) >= 11 is 0. The molecule has 10 heavy (non-hydrogen) atoms. The van der Waals surface area contributed by atoms with Crippen LogP contribution in [0.4, 0.5) is 0 Å². The third-order valence-electron chi connectivity index (χ3n) is 2.48. The lowest BCUT2D eigenvalue weighted by molar-refractivity contribution is 0.0453. The van der Waals surface area contributed by atoms with Gasteiger partial charge in [-0.2, -0.15) is 0 Å². The van der Waals surface area contributed by atoms with Crippen molar-refractivity contribution < 1.29 is 9.47 Å². The first kappa shape index (κ1) is 6.62. The molecular weight excluding hydrogens is 128 g/mol. The van der Waals surface area contributed by atoms with E-state index in [2.05, 4.69) is 0 Å². The van der Waals surface area contributed by atoms with Gasteiger partial charge in [0, 0.05) is 5.92 Å². The van der Waals surface area contributed by atoms with E-state index in [0.717, 1.165) is 19.8 Å². The van der Waals surface area contributed by atoms with Gasteiger partial charge in [-0.25, -0.2) is 0 Å². The molecule has 0 amide bonds. The molecule has 2 aliphatic rings. The quantitative estimate of drug-likeness (QED) is 0.506. The van der Waals surface area contributed by atoms with Crippen LogP contribution in [0.1, 0.15) is 19.3 Å². The van der Waals surface area contributed by atoms with Gasteiger partial charge in [-0.05, 0) is 12.8 Å². The van der Waals surface area contributed by atoms with Crippen LogP contribution >= 0.6 is 0 Å². The van der Waals surface area contributed by atoms with Crippen molar-refractivity contribution in [2.45, 2.75) is 25.4 Å². The Morgan fingerprint density at radius 3 is 3.10 bits per heavy atom. The molecule has 0 aromatic heterocycles. The van der Waals surface area contributed by atoms with Crippen molar-refractivity contribution in [3.63, 3.8) is 0 Å². The Balaban J connectivity index is 1.95. The predicted octanol–water partition coefficient (Wildman–Crippen LogP) is 1.20. The van der Waals surface area contributed by atoms with Crippen molar-refractivity contribution in [1.82, 2.24) is 0 Å².